The van der Waals surface area contributed by atoms with E-state index in [2.05, 4.69) is 9.97 Å². The Bertz CT molecular complexity index is 684. The van der Waals surface area contributed by atoms with E-state index in [-0.39, 0.29) is 28.6 Å². The minimum absolute atomic E-state index is 0.0723. The standard InChI is InChI=1S/C11H10N2O4/c1-2-17-11(16)6-5-13-8-7(14)3-4-12-9(8)10(6)15/h3-5H,2H2,1H3,(H,12,14)(H,13,15). The van der Waals surface area contributed by atoms with E-state index in [4.69, 9.17) is 4.74 Å². The maximum atomic E-state index is 11.9. The topological polar surface area (TPSA) is 92.0 Å². The van der Waals surface area contributed by atoms with Crippen LogP contribution < -0.4 is 10.9 Å². The predicted molar refractivity (Wildman–Crippen MR) is 61.1 cm³/mol. The number of rotatable bonds is 2. The summed E-state index contributed by atoms with van der Waals surface area (Å²) >= 11 is 0. The first-order chi connectivity index (χ1) is 8.15. The Labute approximate surface area is 95.2 Å². The van der Waals surface area contributed by atoms with Gasteiger partial charge in [-0.3, -0.25) is 9.59 Å². The monoisotopic (exact) mass is 234 g/mol. The molecule has 0 unspecified atom stereocenters. The van der Waals surface area contributed by atoms with Crippen molar-refractivity contribution in [1.29, 1.82) is 0 Å². The van der Waals surface area contributed by atoms with Crippen LogP contribution >= 0.6 is 0 Å². The highest BCUT2D eigenvalue weighted by molar-refractivity contribution is 5.92. The predicted octanol–water partition coefficient (Wildman–Crippen LogP) is 0.393. The summed E-state index contributed by atoms with van der Waals surface area (Å²) in [6.45, 7) is 1.83. The largest absolute Gasteiger partial charge is 0.462 e. The lowest BCUT2D eigenvalue weighted by atomic mass is 10.2. The zero-order valence-electron chi connectivity index (χ0n) is 9.07. The van der Waals surface area contributed by atoms with E-state index in [9.17, 15) is 14.4 Å². The molecule has 2 aromatic rings. The molecule has 0 amide bonds. The maximum absolute atomic E-state index is 11.9. The number of hydrogen-bond donors (Lipinski definition) is 2. The average Bonchev–Trinajstić information content (AvgIpc) is 2.31. The summed E-state index contributed by atoms with van der Waals surface area (Å²) in [6, 6.07) is 1.29. The van der Waals surface area contributed by atoms with Gasteiger partial charge in [0.2, 0.25) is 10.9 Å². The second-order valence-corrected chi connectivity index (χ2v) is 3.34. The molecule has 0 saturated carbocycles. The van der Waals surface area contributed by atoms with Gasteiger partial charge in [0.1, 0.15) is 16.6 Å². The van der Waals surface area contributed by atoms with E-state index in [0.29, 0.717) is 0 Å². The van der Waals surface area contributed by atoms with Gasteiger partial charge in [0.25, 0.3) is 0 Å². The van der Waals surface area contributed by atoms with Gasteiger partial charge >= 0.3 is 5.97 Å². The Morgan fingerprint density at radius 1 is 1.29 bits per heavy atom. The van der Waals surface area contributed by atoms with Crippen LogP contribution in [0.3, 0.4) is 0 Å². The first-order valence-electron chi connectivity index (χ1n) is 5.05. The Morgan fingerprint density at radius 2 is 2.06 bits per heavy atom. The highest BCUT2D eigenvalue weighted by atomic mass is 16.5. The number of carbonyl (C=O) groups is 1. The number of hydrogen-bond acceptors (Lipinski definition) is 4. The van der Waals surface area contributed by atoms with Gasteiger partial charge in [-0.25, -0.2) is 4.79 Å². The van der Waals surface area contributed by atoms with Crippen LogP contribution in [0.15, 0.2) is 28.0 Å². The molecule has 6 nitrogen and oxygen atoms in total. The molecule has 0 saturated heterocycles. The number of aromatic amines is 2. The molecule has 88 valence electrons. The molecule has 0 aliphatic heterocycles. The summed E-state index contributed by atoms with van der Waals surface area (Å²) in [5.74, 6) is -0.708. The maximum Gasteiger partial charge on any atom is 0.343 e. The molecule has 0 aliphatic rings. The number of carbonyl (C=O) groups excluding carboxylic acids is 1. The molecule has 0 aliphatic carbocycles. The molecule has 0 atom stereocenters. The van der Waals surface area contributed by atoms with Gasteiger partial charge in [0.05, 0.1) is 6.61 Å². The van der Waals surface area contributed by atoms with Crippen molar-refractivity contribution in [2.45, 2.75) is 6.92 Å². The van der Waals surface area contributed by atoms with Gasteiger partial charge in [-0.05, 0) is 6.92 Å². The van der Waals surface area contributed by atoms with Crippen LogP contribution in [0, 0.1) is 0 Å². The van der Waals surface area contributed by atoms with Crippen LogP contribution in [-0.4, -0.2) is 22.5 Å². The van der Waals surface area contributed by atoms with Crippen molar-refractivity contribution < 1.29 is 9.53 Å². The molecular formula is C11H10N2O4. The summed E-state index contributed by atoms with van der Waals surface area (Å²) in [4.78, 5) is 40.1. The van der Waals surface area contributed by atoms with E-state index < -0.39 is 11.4 Å². The van der Waals surface area contributed by atoms with Crippen molar-refractivity contribution in [3.05, 3.63) is 44.5 Å². The molecule has 6 heteroatoms. The Morgan fingerprint density at radius 3 is 2.76 bits per heavy atom. The van der Waals surface area contributed by atoms with Crippen LogP contribution in [-0.2, 0) is 4.74 Å². The first-order valence-corrected chi connectivity index (χ1v) is 5.05. The molecule has 0 spiro atoms. The van der Waals surface area contributed by atoms with Crippen LogP contribution in [0.2, 0.25) is 0 Å². The Balaban J connectivity index is 2.71. The summed E-state index contributed by atoms with van der Waals surface area (Å²) in [5.41, 5.74) is -0.768. The van der Waals surface area contributed by atoms with Crippen LogP contribution in [0.5, 0.6) is 0 Å². The third-order valence-electron chi connectivity index (χ3n) is 2.29. The van der Waals surface area contributed by atoms with Crippen LogP contribution in [0.25, 0.3) is 11.0 Å². The van der Waals surface area contributed by atoms with Gasteiger partial charge < -0.3 is 14.7 Å². The molecule has 2 rings (SSSR count). The van der Waals surface area contributed by atoms with Gasteiger partial charge in [0.15, 0.2) is 0 Å². The number of pyridine rings is 2. The molecular weight excluding hydrogens is 224 g/mol. The minimum Gasteiger partial charge on any atom is -0.462 e. The summed E-state index contributed by atoms with van der Waals surface area (Å²) < 4.78 is 4.74. The molecule has 17 heavy (non-hydrogen) atoms. The number of esters is 1. The number of nitrogens with one attached hydrogen (secondary N) is 2. The molecule has 0 radical (unpaired) electrons. The lowest BCUT2D eigenvalue weighted by Crippen LogP contribution is -2.21. The lowest BCUT2D eigenvalue weighted by Gasteiger charge is -2.02. The zero-order chi connectivity index (χ0) is 12.4. The number of H-pyrrole nitrogens is 2. The second kappa shape index (κ2) is 4.25. The summed E-state index contributed by atoms with van der Waals surface area (Å²) in [6.07, 6.45) is 2.55. The van der Waals surface area contributed by atoms with Crippen molar-refractivity contribution in [3.63, 3.8) is 0 Å². The summed E-state index contributed by atoms with van der Waals surface area (Å²) in [5, 5.41) is 0. The van der Waals surface area contributed by atoms with E-state index in [0.717, 1.165) is 0 Å². The van der Waals surface area contributed by atoms with Gasteiger partial charge in [-0.1, -0.05) is 0 Å². The molecule has 0 aromatic carbocycles. The Hall–Kier alpha value is -2.37. The summed E-state index contributed by atoms with van der Waals surface area (Å²) in [7, 11) is 0. The number of aromatic nitrogens is 2. The van der Waals surface area contributed by atoms with Crippen molar-refractivity contribution in [3.8, 4) is 0 Å². The van der Waals surface area contributed by atoms with Crippen molar-refractivity contribution >= 4 is 17.0 Å². The van der Waals surface area contributed by atoms with Crippen molar-refractivity contribution in [2.75, 3.05) is 6.61 Å². The zero-order valence-corrected chi connectivity index (χ0v) is 9.07. The highest BCUT2D eigenvalue weighted by Gasteiger charge is 2.14. The molecule has 2 N–H and O–H groups in total. The minimum atomic E-state index is -0.708. The molecule has 0 fully saturated rings. The van der Waals surface area contributed by atoms with Crippen LogP contribution in [0.4, 0.5) is 0 Å². The normalized spacial score (nSPS) is 10.4. The van der Waals surface area contributed by atoms with Gasteiger partial charge in [0, 0.05) is 18.5 Å². The first kappa shape index (κ1) is 11.1. The average molecular weight is 234 g/mol. The fourth-order valence-electron chi connectivity index (χ4n) is 1.51. The smallest absolute Gasteiger partial charge is 0.343 e. The third-order valence-corrected chi connectivity index (χ3v) is 2.29. The fraction of sp³-hybridized carbons (Fsp3) is 0.182. The number of fused-ring (bicyclic) bond motifs is 1. The molecule has 0 bridgehead atoms. The van der Waals surface area contributed by atoms with E-state index in [1.807, 2.05) is 0 Å². The van der Waals surface area contributed by atoms with Crippen LogP contribution in [0.1, 0.15) is 17.3 Å². The van der Waals surface area contributed by atoms with Gasteiger partial charge in [-0.2, -0.15) is 0 Å². The molecule has 2 aromatic heterocycles. The molecule has 2 heterocycles. The SMILES string of the molecule is CCOC(=O)c1c[nH]c2c(=O)cc[nH]c2c1=O. The van der Waals surface area contributed by atoms with E-state index in [1.54, 1.807) is 6.92 Å². The van der Waals surface area contributed by atoms with Crippen molar-refractivity contribution in [1.82, 2.24) is 9.97 Å². The van der Waals surface area contributed by atoms with E-state index in [1.165, 1.54) is 18.5 Å². The second-order valence-electron chi connectivity index (χ2n) is 3.34. The third kappa shape index (κ3) is 1.84. The highest BCUT2D eigenvalue weighted by Crippen LogP contribution is 2.01. The fourth-order valence-corrected chi connectivity index (χ4v) is 1.51. The number of ether oxygens (including phenoxy) is 1. The van der Waals surface area contributed by atoms with Gasteiger partial charge in [-0.15, -0.1) is 0 Å². The lowest BCUT2D eigenvalue weighted by molar-refractivity contribution is 0.0524. The van der Waals surface area contributed by atoms with Crippen molar-refractivity contribution in [2.24, 2.45) is 0 Å². The Kier molecular flexibility index (Phi) is 2.78. The quantitative estimate of drug-likeness (QED) is 0.735. The van der Waals surface area contributed by atoms with E-state index >= 15 is 0 Å².